The molecule has 18 heavy (non-hydrogen) atoms. The minimum Gasteiger partial charge on any atom is -0.389 e. The van der Waals surface area contributed by atoms with Crippen molar-refractivity contribution in [2.45, 2.75) is 45.8 Å². The van der Waals surface area contributed by atoms with Crippen LogP contribution in [0.4, 0.5) is 0 Å². The van der Waals surface area contributed by atoms with Gasteiger partial charge >= 0.3 is 0 Å². The SMILES string of the molecule is CC(C)(O)CN1CCN(CCOC(C)(C)C)CC1. The van der Waals surface area contributed by atoms with Crippen LogP contribution in [0, 0.1) is 0 Å². The van der Waals surface area contributed by atoms with Crippen LogP contribution in [-0.2, 0) is 4.74 Å². The molecular formula is C14H30N2O2. The first-order valence-electron chi connectivity index (χ1n) is 6.97. The maximum absolute atomic E-state index is 9.79. The fourth-order valence-corrected chi connectivity index (χ4v) is 2.20. The van der Waals surface area contributed by atoms with Crippen LogP contribution in [0.5, 0.6) is 0 Å². The largest absolute Gasteiger partial charge is 0.389 e. The molecule has 1 aliphatic rings. The lowest BCUT2D eigenvalue weighted by atomic mass is 10.1. The zero-order chi connectivity index (χ0) is 13.8. The van der Waals surface area contributed by atoms with Gasteiger partial charge in [-0.25, -0.2) is 0 Å². The fraction of sp³-hybridized carbons (Fsp3) is 1.00. The van der Waals surface area contributed by atoms with E-state index in [1.807, 2.05) is 13.8 Å². The zero-order valence-electron chi connectivity index (χ0n) is 12.7. The first-order valence-corrected chi connectivity index (χ1v) is 6.97. The van der Waals surface area contributed by atoms with Crippen molar-refractivity contribution < 1.29 is 9.84 Å². The van der Waals surface area contributed by atoms with Gasteiger partial charge < -0.3 is 9.84 Å². The Bertz CT molecular complexity index is 235. The van der Waals surface area contributed by atoms with Gasteiger partial charge in [-0.05, 0) is 34.6 Å². The highest BCUT2D eigenvalue weighted by Gasteiger charge is 2.22. The van der Waals surface area contributed by atoms with Crippen molar-refractivity contribution in [3.63, 3.8) is 0 Å². The van der Waals surface area contributed by atoms with Gasteiger partial charge in [-0.3, -0.25) is 9.80 Å². The molecule has 0 aromatic rings. The Balaban J connectivity index is 2.16. The summed E-state index contributed by atoms with van der Waals surface area (Å²) in [4.78, 5) is 4.77. The van der Waals surface area contributed by atoms with Crippen LogP contribution in [0.2, 0.25) is 0 Å². The van der Waals surface area contributed by atoms with Gasteiger partial charge in [0.2, 0.25) is 0 Å². The number of rotatable bonds is 5. The minimum atomic E-state index is -0.586. The summed E-state index contributed by atoms with van der Waals surface area (Å²) >= 11 is 0. The molecule has 0 amide bonds. The zero-order valence-corrected chi connectivity index (χ0v) is 12.7. The van der Waals surface area contributed by atoms with Gasteiger partial charge in [0.15, 0.2) is 0 Å². The van der Waals surface area contributed by atoms with Crippen molar-refractivity contribution in [1.82, 2.24) is 9.80 Å². The van der Waals surface area contributed by atoms with E-state index in [-0.39, 0.29) is 5.60 Å². The van der Waals surface area contributed by atoms with Gasteiger partial charge in [0.1, 0.15) is 0 Å². The smallest absolute Gasteiger partial charge is 0.0718 e. The molecule has 0 bridgehead atoms. The lowest BCUT2D eigenvalue weighted by molar-refractivity contribution is -0.0233. The summed E-state index contributed by atoms with van der Waals surface area (Å²) < 4.78 is 5.74. The van der Waals surface area contributed by atoms with Crippen LogP contribution in [0.3, 0.4) is 0 Å². The molecule has 0 aromatic heterocycles. The van der Waals surface area contributed by atoms with E-state index < -0.39 is 5.60 Å². The molecule has 1 heterocycles. The number of ether oxygens (including phenoxy) is 1. The van der Waals surface area contributed by atoms with E-state index in [0.717, 1.165) is 45.9 Å². The summed E-state index contributed by atoms with van der Waals surface area (Å²) in [7, 11) is 0. The molecule has 0 aromatic carbocycles. The first-order chi connectivity index (χ1) is 8.16. The van der Waals surface area contributed by atoms with Crippen molar-refractivity contribution in [2.75, 3.05) is 45.9 Å². The van der Waals surface area contributed by atoms with Gasteiger partial charge in [-0.1, -0.05) is 0 Å². The second-order valence-corrected chi connectivity index (χ2v) is 6.89. The van der Waals surface area contributed by atoms with Gasteiger partial charge in [0.05, 0.1) is 17.8 Å². The average molecular weight is 258 g/mol. The van der Waals surface area contributed by atoms with Gasteiger partial charge in [0, 0.05) is 39.3 Å². The van der Waals surface area contributed by atoms with E-state index in [1.54, 1.807) is 0 Å². The second kappa shape index (κ2) is 6.33. The summed E-state index contributed by atoms with van der Waals surface area (Å²) in [6.45, 7) is 16.8. The predicted molar refractivity (Wildman–Crippen MR) is 74.9 cm³/mol. The van der Waals surface area contributed by atoms with Crippen LogP contribution in [-0.4, -0.2) is 72.0 Å². The molecule has 1 saturated heterocycles. The third kappa shape index (κ3) is 7.31. The Morgan fingerprint density at radius 1 is 0.944 bits per heavy atom. The lowest BCUT2D eigenvalue weighted by Gasteiger charge is -2.37. The topological polar surface area (TPSA) is 35.9 Å². The molecule has 0 radical (unpaired) electrons. The van der Waals surface area contributed by atoms with E-state index in [0.29, 0.717) is 0 Å². The minimum absolute atomic E-state index is 0.0390. The molecule has 108 valence electrons. The van der Waals surface area contributed by atoms with Gasteiger partial charge in [-0.2, -0.15) is 0 Å². The van der Waals surface area contributed by atoms with Crippen LogP contribution >= 0.6 is 0 Å². The molecule has 1 N–H and O–H groups in total. The number of nitrogens with zero attached hydrogens (tertiary/aromatic N) is 2. The van der Waals surface area contributed by atoms with E-state index in [1.165, 1.54) is 0 Å². The Kier molecular flexibility index (Phi) is 5.59. The Hall–Kier alpha value is -0.160. The first kappa shape index (κ1) is 15.9. The molecule has 4 heteroatoms. The van der Waals surface area contributed by atoms with E-state index in [4.69, 9.17) is 4.74 Å². The molecule has 4 nitrogen and oxygen atoms in total. The van der Waals surface area contributed by atoms with Crippen molar-refractivity contribution in [2.24, 2.45) is 0 Å². The summed E-state index contributed by atoms with van der Waals surface area (Å²) in [5.74, 6) is 0. The number of aliphatic hydroxyl groups is 1. The van der Waals surface area contributed by atoms with Gasteiger partial charge in [0.25, 0.3) is 0 Å². The third-order valence-electron chi connectivity index (χ3n) is 3.02. The fourth-order valence-electron chi connectivity index (χ4n) is 2.20. The van der Waals surface area contributed by atoms with Gasteiger partial charge in [-0.15, -0.1) is 0 Å². The molecule has 1 rings (SSSR count). The molecule has 0 aliphatic carbocycles. The number of piperazine rings is 1. The Labute approximate surface area is 112 Å². The monoisotopic (exact) mass is 258 g/mol. The van der Waals surface area contributed by atoms with Crippen LogP contribution < -0.4 is 0 Å². The highest BCUT2D eigenvalue weighted by molar-refractivity contribution is 4.77. The highest BCUT2D eigenvalue weighted by Crippen LogP contribution is 2.10. The normalized spacial score (nSPS) is 20.3. The molecular weight excluding hydrogens is 228 g/mol. The van der Waals surface area contributed by atoms with Crippen molar-refractivity contribution in [3.8, 4) is 0 Å². The molecule has 0 spiro atoms. The molecule has 1 fully saturated rings. The third-order valence-corrected chi connectivity index (χ3v) is 3.02. The number of β-amino-alcohol motifs (C(OH)–C–C–N with tert-alkyl or cyclic N) is 1. The summed E-state index contributed by atoms with van der Waals surface area (Å²) in [5.41, 5.74) is -0.625. The summed E-state index contributed by atoms with van der Waals surface area (Å²) in [6.07, 6.45) is 0. The Morgan fingerprint density at radius 3 is 1.89 bits per heavy atom. The molecule has 0 unspecified atom stereocenters. The van der Waals surface area contributed by atoms with Crippen LogP contribution in [0.15, 0.2) is 0 Å². The Morgan fingerprint density at radius 2 is 1.44 bits per heavy atom. The standard InChI is InChI=1S/C14H30N2O2/c1-13(2,3)18-11-10-15-6-8-16(9-7-15)12-14(4,5)17/h17H,6-12H2,1-5H3. The van der Waals surface area contributed by atoms with Crippen molar-refractivity contribution >= 4 is 0 Å². The molecule has 0 saturated carbocycles. The number of hydrogen-bond donors (Lipinski definition) is 1. The summed E-state index contributed by atoms with van der Waals surface area (Å²) in [5, 5.41) is 9.79. The molecule has 1 aliphatic heterocycles. The lowest BCUT2D eigenvalue weighted by Crippen LogP contribution is -2.51. The maximum atomic E-state index is 9.79. The predicted octanol–water partition coefficient (Wildman–Crippen LogP) is 1.19. The van der Waals surface area contributed by atoms with E-state index >= 15 is 0 Å². The number of hydrogen-bond acceptors (Lipinski definition) is 4. The van der Waals surface area contributed by atoms with E-state index in [2.05, 4.69) is 30.6 Å². The highest BCUT2D eigenvalue weighted by atomic mass is 16.5. The van der Waals surface area contributed by atoms with Crippen LogP contribution in [0.1, 0.15) is 34.6 Å². The van der Waals surface area contributed by atoms with Crippen molar-refractivity contribution in [1.29, 1.82) is 0 Å². The second-order valence-electron chi connectivity index (χ2n) is 6.89. The van der Waals surface area contributed by atoms with Crippen LogP contribution in [0.25, 0.3) is 0 Å². The average Bonchev–Trinajstić information content (AvgIpc) is 2.16. The summed E-state index contributed by atoms with van der Waals surface area (Å²) in [6, 6.07) is 0. The van der Waals surface area contributed by atoms with E-state index in [9.17, 15) is 5.11 Å². The maximum Gasteiger partial charge on any atom is 0.0718 e. The van der Waals surface area contributed by atoms with Crippen molar-refractivity contribution in [3.05, 3.63) is 0 Å². The quantitative estimate of drug-likeness (QED) is 0.803. The molecule has 0 atom stereocenters.